The normalized spacial score (nSPS) is 23.3. The predicted octanol–water partition coefficient (Wildman–Crippen LogP) is 5.46. The summed E-state index contributed by atoms with van der Waals surface area (Å²) in [5.74, 6) is 1.21. The molecule has 0 aliphatic carbocycles. The van der Waals surface area contributed by atoms with Gasteiger partial charge in [0.2, 0.25) is 11.8 Å². The number of nitrogens with one attached hydrogen (secondary N) is 1. The number of rotatable bonds is 5. The lowest BCUT2D eigenvalue weighted by molar-refractivity contribution is -0.136. The van der Waals surface area contributed by atoms with E-state index >= 15 is 0 Å². The van der Waals surface area contributed by atoms with Crippen molar-refractivity contribution in [3.05, 3.63) is 65.2 Å². The summed E-state index contributed by atoms with van der Waals surface area (Å²) in [6.07, 6.45) is 1.25. The SMILES string of the molecule is CC(C)c1cccc(C(C)C)c1NC(=O)[C@@H]1CS[C@@]2(c3ccccc3)CCC(=O)N12. The topological polar surface area (TPSA) is 49.4 Å². The molecule has 0 saturated carbocycles. The molecule has 4 rings (SSSR count). The Morgan fingerprint density at radius 1 is 1.03 bits per heavy atom. The van der Waals surface area contributed by atoms with Crippen molar-refractivity contribution < 1.29 is 9.59 Å². The number of hydrogen-bond donors (Lipinski definition) is 1. The number of anilines is 1. The van der Waals surface area contributed by atoms with Crippen LogP contribution >= 0.6 is 11.8 Å². The van der Waals surface area contributed by atoms with Gasteiger partial charge in [-0.1, -0.05) is 76.2 Å². The minimum Gasteiger partial charge on any atom is -0.324 e. The second kappa shape index (κ2) is 8.10. The Balaban J connectivity index is 1.67. The summed E-state index contributed by atoms with van der Waals surface area (Å²) in [6, 6.07) is 15.9. The minimum absolute atomic E-state index is 0.0743. The largest absolute Gasteiger partial charge is 0.324 e. The summed E-state index contributed by atoms with van der Waals surface area (Å²) in [4.78, 5) is 27.8. The minimum atomic E-state index is -0.453. The van der Waals surface area contributed by atoms with Crippen molar-refractivity contribution in [2.75, 3.05) is 11.1 Å². The van der Waals surface area contributed by atoms with Gasteiger partial charge in [0.25, 0.3) is 0 Å². The maximum atomic E-state index is 13.5. The maximum absolute atomic E-state index is 13.5. The Bertz CT molecular complexity index is 931. The molecule has 2 aliphatic rings. The van der Waals surface area contributed by atoms with E-state index in [2.05, 4.69) is 63.3 Å². The van der Waals surface area contributed by atoms with E-state index < -0.39 is 10.9 Å². The van der Waals surface area contributed by atoms with Gasteiger partial charge in [0.1, 0.15) is 10.9 Å². The third kappa shape index (κ3) is 3.43. The van der Waals surface area contributed by atoms with E-state index in [9.17, 15) is 9.59 Å². The Morgan fingerprint density at radius 3 is 2.27 bits per heavy atom. The van der Waals surface area contributed by atoms with Crippen LogP contribution in [0.1, 0.15) is 69.1 Å². The lowest BCUT2D eigenvalue weighted by atomic mass is 9.92. The first kappa shape index (κ1) is 21.0. The molecular formula is C25H30N2O2S. The number of carbonyl (C=O) groups excluding carboxylic acids is 2. The molecule has 0 bridgehead atoms. The van der Waals surface area contributed by atoms with Crippen molar-refractivity contribution in [3.63, 3.8) is 0 Å². The third-order valence-electron chi connectivity index (χ3n) is 6.28. The summed E-state index contributed by atoms with van der Waals surface area (Å²) in [7, 11) is 0. The Kier molecular flexibility index (Phi) is 5.67. The van der Waals surface area contributed by atoms with Gasteiger partial charge in [0.15, 0.2) is 0 Å². The number of hydrogen-bond acceptors (Lipinski definition) is 3. The fourth-order valence-electron chi connectivity index (χ4n) is 4.74. The molecule has 2 aromatic rings. The van der Waals surface area contributed by atoms with Crippen LogP contribution in [0.25, 0.3) is 0 Å². The fourth-order valence-corrected chi connectivity index (χ4v) is 6.39. The van der Waals surface area contributed by atoms with Crippen molar-refractivity contribution >= 4 is 29.3 Å². The van der Waals surface area contributed by atoms with E-state index in [1.165, 1.54) is 0 Å². The van der Waals surface area contributed by atoms with Crippen molar-refractivity contribution in [1.29, 1.82) is 0 Å². The van der Waals surface area contributed by atoms with Crippen LogP contribution in [0.15, 0.2) is 48.5 Å². The number of benzene rings is 2. The molecule has 2 aromatic carbocycles. The first-order valence-corrected chi connectivity index (χ1v) is 11.8. The zero-order chi connectivity index (χ0) is 21.5. The average Bonchev–Trinajstić information content (AvgIpc) is 3.28. The molecule has 2 aliphatic heterocycles. The first-order valence-electron chi connectivity index (χ1n) is 10.8. The van der Waals surface area contributed by atoms with Gasteiger partial charge < -0.3 is 10.2 Å². The van der Waals surface area contributed by atoms with Crippen molar-refractivity contribution in [2.24, 2.45) is 0 Å². The first-order chi connectivity index (χ1) is 14.3. The van der Waals surface area contributed by atoms with E-state index in [4.69, 9.17) is 0 Å². The van der Waals surface area contributed by atoms with Crippen molar-refractivity contribution in [1.82, 2.24) is 4.90 Å². The van der Waals surface area contributed by atoms with E-state index in [0.29, 0.717) is 24.0 Å². The van der Waals surface area contributed by atoms with Gasteiger partial charge in [0.05, 0.1) is 0 Å². The van der Waals surface area contributed by atoms with Crippen LogP contribution in [-0.4, -0.2) is 28.5 Å². The highest BCUT2D eigenvalue weighted by Crippen LogP contribution is 2.54. The number of thioether (sulfide) groups is 1. The lowest BCUT2D eigenvalue weighted by Crippen LogP contribution is -2.48. The molecule has 2 amide bonds. The molecule has 30 heavy (non-hydrogen) atoms. The van der Waals surface area contributed by atoms with Gasteiger partial charge in [-0.15, -0.1) is 11.8 Å². The summed E-state index contributed by atoms with van der Waals surface area (Å²) < 4.78 is 0. The zero-order valence-electron chi connectivity index (χ0n) is 18.1. The highest BCUT2D eigenvalue weighted by atomic mass is 32.2. The lowest BCUT2D eigenvalue weighted by Gasteiger charge is -2.34. The maximum Gasteiger partial charge on any atom is 0.248 e. The molecule has 0 unspecified atom stereocenters. The summed E-state index contributed by atoms with van der Waals surface area (Å²) in [6.45, 7) is 8.58. The molecule has 0 spiro atoms. The molecular weight excluding hydrogens is 392 g/mol. The van der Waals surface area contributed by atoms with Gasteiger partial charge >= 0.3 is 0 Å². The highest BCUT2D eigenvalue weighted by Gasteiger charge is 2.56. The molecule has 0 aromatic heterocycles. The Hall–Kier alpha value is -2.27. The predicted molar refractivity (Wildman–Crippen MR) is 124 cm³/mol. The van der Waals surface area contributed by atoms with Crippen LogP contribution in [0.5, 0.6) is 0 Å². The van der Waals surface area contributed by atoms with E-state index in [-0.39, 0.29) is 11.8 Å². The number of carbonyl (C=O) groups is 2. The van der Waals surface area contributed by atoms with Gasteiger partial charge in [0, 0.05) is 17.9 Å². The van der Waals surface area contributed by atoms with E-state index in [1.807, 2.05) is 23.1 Å². The van der Waals surface area contributed by atoms with Crippen LogP contribution < -0.4 is 5.32 Å². The Morgan fingerprint density at radius 2 is 1.67 bits per heavy atom. The third-order valence-corrected chi connectivity index (χ3v) is 7.87. The number of nitrogens with zero attached hydrogens (tertiary/aromatic N) is 1. The monoisotopic (exact) mass is 422 g/mol. The Labute approximate surface area is 183 Å². The van der Waals surface area contributed by atoms with Gasteiger partial charge in [-0.25, -0.2) is 0 Å². The van der Waals surface area contributed by atoms with Crippen LogP contribution in [0.3, 0.4) is 0 Å². The van der Waals surface area contributed by atoms with E-state index in [1.54, 1.807) is 11.8 Å². The number of amides is 2. The van der Waals surface area contributed by atoms with Gasteiger partial charge in [-0.3, -0.25) is 9.59 Å². The highest BCUT2D eigenvalue weighted by molar-refractivity contribution is 8.00. The van der Waals surface area contributed by atoms with Gasteiger partial charge in [-0.05, 0) is 34.9 Å². The molecule has 2 fully saturated rings. The van der Waals surface area contributed by atoms with Crippen LogP contribution in [0.4, 0.5) is 5.69 Å². The van der Waals surface area contributed by atoms with Gasteiger partial charge in [-0.2, -0.15) is 0 Å². The molecule has 4 nitrogen and oxygen atoms in total. The second-order valence-corrected chi connectivity index (χ2v) is 10.1. The summed E-state index contributed by atoms with van der Waals surface area (Å²) in [5, 5.41) is 3.24. The standard InChI is InChI=1S/C25H30N2O2S/c1-16(2)19-11-8-12-20(17(3)4)23(19)26-24(29)21-15-30-25(14-13-22(28)27(21)25)18-9-6-5-7-10-18/h5-12,16-17,21H,13-15H2,1-4H3,(H,26,29)/t21-,25+/m0/s1. The summed E-state index contributed by atoms with van der Waals surface area (Å²) >= 11 is 1.73. The molecule has 2 atom stereocenters. The average molecular weight is 423 g/mol. The van der Waals surface area contributed by atoms with Crippen LogP contribution in [0, 0.1) is 0 Å². The molecule has 158 valence electrons. The number of para-hydroxylation sites is 1. The van der Waals surface area contributed by atoms with E-state index in [0.717, 1.165) is 28.8 Å². The molecule has 0 radical (unpaired) electrons. The molecule has 2 heterocycles. The number of fused-ring (bicyclic) bond motifs is 1. The fraction of sp³-hybridized carbons (Fsp3) is 0.440. The van der Waals surface area contributed by atoms with Crippen molar-refractivity contribution in [3.8, 4) is 0 Å². The molecule has 1 N–H and O–H groups in total. The molecule has 2 saturated heterocycles. The smallest absolute Gasteiger partial charge is 0.248 e. The second-order valence-electron chi connectivity index (χ2n) is 8.85. The van der Waals surface area contributed by atoms with Crippen LogP contribution in [-0.2, 0) is 14.5 Å². The van der Waals surface area contributed by atoms with Crippen LogP contribution in [0.2, 0.25) is 0 Å². The molecule has 5 heteroatoms. The zero-order valence-corrected chi connectivity index (χ0v) is 19.0. The van der Waals surface area contributed by atoms with Crippen molar-refractivity contribution in [2.45, 2.75) is 63.3 Å². The quantitative estimate of drug-likeness (QED) is 0.696. The summed E-state index contributed by atoms with van der Waals surface area (Å²) in [5.41, 5.74) is 4.31.